The Hall–Kier alpha value is -2.48. The van der Waals surface area contributed by atoms with Crippen LogP contribution in [0.15, 0.2) is 66.7 Å². The van der Waals surface area contributed by atoms with Crippen LogP contribution in [0.3, 0.4) is 0 Å². The van der Waals surface area contributed by atoms with Gasteiger partial charge in [0.05, 0.1) is 0 Å². The Morgan fingerprint density at radius 3 is 2.28 bits per heavy atom. The molecule has 4 rings (SSSR count). The zero-order valence-corrected chi connectivity index (χ0v) is 14.4. The van der Waals surface area contributed by atoms with Crippen LogP contribution in [0.5, 0.6) is 5.75 Å². The third-order valence-electron chi connectivity index (χ3n) is 5.39. The highest BCUT2D eigenvalue weighted by Crippen LogP contribution is 2.46. The normalized spacial score (nSPS) is 19.4. The van der Waals surface area contributed by atoms with Gasteiger partial charge in [0.2, 0.25) is 0 Å². The van der Waals surface area contributed by atoms with Gasteiger partial charge in [-0.15, -0.1) is 0 Å². The van der Waals surface area contributed by atoms with Gasteiger partial charge in [0.1, 0.15) is 13.6 Å². The SMILES string of the molecule is [B]c1ccc(C2CCc3cc(O)ccc3C2c2ccc(C)cc2)cc1. The summed E-state index contributed by atoms with van der Waals surface area (Å²) < 4.78 is 0. The molecule has 0 spiro atoms. The fourth-order valence-electron chi connectivity index (χ4n) is 4.09. The summed E-state index contributed by atoms with van der Waals surface area (Å²) >= 11 is 0. The van der Waals surface area contributed by atoms with Gasteiger partial charge >= 0.3 is 0 Å². The van der Waals surface area contributed by atoms with Crippen LogP contribution in [-0.2, 0) is 6.42 Å². The van der Waals surface area contributed by atoms with Gasteiger partial charge in [-0.1, -0.05) is 65.6 Å². The summed E-state index contributed by atoms with van der Waals surface area (Å²) in [5, 5.41) is 9.88. The third-order valence-corrected chi connectivity index (χ3v) is 5.39. The molecular weight excluding hydrogens is 303 g/mol. The fraction of sp³-hybridized carbons (Fsp3) is 0.217. The molecule has 0 saturated carbocycles. The molecule has 2 unspecified atom stereocenters. The molecule has 2 radical (unpaired) electrons. The highest BCUT2D eigenvalue weighted by atomic mass is 16.3. The quantitative estimate of drug-likeness (QED) is 0.695. The van der Waals surface area contributed by atoms with Gasteiger partial charge in [0.15, 0.2) is 0 Å². The minimum atomic E-state index is 0.300. The largest absolute Gasteiger partial charge is 0.508 e. The number of hydrogen-bond acceptors (Lipinski definition) is 1. The Morgan fingerprint density at radius 1 is 0.880 bits per heavy atom. The van der Waals surface area contributed by atoms with Crippen molar-refractivity contribution < 1.29 is 5.11 Å². The predicted octanol–water partition coefficient (Wildman–Crippen LogP) is 4.36. The number of rotatable bonds is 2. The van der Waals surface area contributed by atoms with E-state index in [1.54, 1.807) is 0 Å². The van der Waals surface area contributed by atoms with Crippen molar-refractivity contribution in [2.45, 2.75) is 31.6 Å². The van der Waals surface area contributed by atoms with Crippen molar-refractivity contribution in [1.29, 1.82) is 0 Å². The van der Waals surface area contributed by atoms with Crippen LogP contribution < -0.4 is 5.46 Å². The first-order valence-electron chi connectivity index (χ1n) is 8.85. The van der Waals surface area contributed by atoms with Crippen LogP contribution in [-0.4, -0.2) is 13.0 Å². The summed E-state index contributed by atoms with van der Waals surface area (Å²) in [6, 6.07) is 23.0. The molecule has 3 aromatic carbocycles. The minimum absolute atomic E-state index is 0.300. The van der Waals surface area contributed by atoms with Crippen molar-refractivity contribution in [3.63, 3.8) is 0 Å². The lowest BCUT2D eigenvalue weighted by Gasteiger charge is -2.35. The van der Waals surface area contributed by atoms with Crippen molar-refractivity contribution in [3.05, 3.63) is 94.5 Å². The lowest BCUT2D eigenvalue weighted by molar-refractivity contribution is 0.469. The molecule has 0 amide bonds. The topological polar surface area (TPSA) is 20.2 Å². The summed E-state index contributed by atoms with van der Waals surface area (Å²) in [6.07, 6.45) is 2.06. The van der Waals surface area contributed by atoms with Crippen molar-refractivity contribution >= 4 is 13.3 Å². The third kappa shape index (κ3) is 3.09. The number of phenolic OH excluding ortho intramolecular Hbond substituents is 1. The van der Waals surface area contributed by atoms with Crippen molar-refractivity contribution in [2.75, 3.05) is 0 Å². The van der Waals surface area contributed by atoms with Gasteiger partial charge in [-0.25, -0.2) is 0 Å². The summed E-state index contributed by atoms with van der Waals surface area (Å²) in [6.45, 7) is 2.12. The van der Waals surface area contributed by atoms with Gasteiger partial charge in [0.25, 0.3) is 0 Å². The molecule has 0 aliphatic heterocycles. The van der Waals surface area contributed by atoms with Crippen molar-refractivity contribution in [2.24, 2.45) is 0 Å². The van der Waals surface area contributed by atoms with Gasteiger partial charge < -0.3 is 5.11 Å². The van der Waals surface area contributed by atoms with Crippen LogP contribution in [0.25, 0.3) is 0 Å². The van der Waals surface area contributed by atoms with E-state index in [1.807, 2.05) is 24.3 Å². The first-order valence-corrected chi connectivity index (χ1v) is 8.85. The standard InChI is InChI=1S/C23H21BO/c1-15-2-4-17(5-3-15)23-21(16-6-9-19(24)10-7-16)12-8-18-14-20(25)11-13-22(18)23/h2-7,9-11,13-14,21,23,25H,8,12H2,1H3. The number of hydrogen-bond donors (Lipinski definition) is 1. The minimum Gasteiger partial charge on any atom is -0.508 e. The molecule has 0 saturated heterocycles. The molecule has 1 N–H and O–H groups in total. The lowest BCUT2D eigenvalue weighted by Crippen LogP contribution is -2.21. The zero-order valence-electron chi connectivity index (χ0n) is 14.4. The monoisotopic (exact) mass is 324 g/mol. The average molecular weight is 324 g/mol. The predicted molar refractivity (Wildman–Crippen MR) is 104 cm³/mol. The summed E-state index contributed by atoms with van der Waals surface area (Å²) in [7, 11) is 5.88. The van der Waals surface area contributed by atoms with E-state index < -0.39 is 0 Å². The molecule has 1 aliphatic carbocycles. The van der Waals surface area contributed by atoms with E-state index in [0.717, 1.165) is 18.3 Å². The second kappa shape index (κ2) is 6.44. The number of aryl methyl sites for hydroxylation is 2. The Kier molecular flexibility index (Phi) is 4.13. The second-order valence-corrected chi connectivity index (χ2v) is 7.08. The van der Waals surface area contributed by atoms with E-state index in [-0.39, 0.29) is 0 Å². The smallest absolute Gasteiger partial charge is 0.115 e. The van der Waals surface area contributed by atoms with E-state index in [1.165, 1.54) is 27.8 Å². The van der Waals surface area contributed by atoms with Crippen LogP contribution in [0.4, 0.5) is 0 Å². The van der Waals surface area contributed by atoms with Crippen molar-refractivity contribution in [3.8, 4) is 5.75 Å². The van der Waals surface area contributed by atoms with Gasteiger partial charge in [-0.05, 0) is 60.1 Å². The Bertz CT molecular complexity index is 881. The Balaban J connectivity index is 1.84. The zero-order chi connectivity index (χ0) is 17.4. The Labute approximate surface area is 150 Å². The molecule has 25 heavy (non-hydrogen) atoms. The summed E-state index contributed by atoms with van der Waals surface area (Å²) in [5.74, 6) is 1.07. The lowest BCUT2D eigenvalue weighted by atomic mass is 9.69. The van der Waals surface area contributed by atoms with Crippen LogP contribution >= 0.6 is 0 Å². The first kappa shape index (κ1) is 16.0. The first-order chi connectivity index (χ1) is 12.1. The molecule has 1 aliphatic rings. The van der Waals surface area contributed by atoms with Crippen LogP contribution in [0.2, 0.25) is 0 Å². The molecule has 1 nitrogen and oxygen atoms in total. The number of fused-ring (bicyclic) bond motifs is 1. The Morgan fingerprint density at radius 2 is 1.56 bits per heavy atom. The van der Waals surface area contributed by atoms with Gasteiger partial charge in [-0.2, -0.15) is 0 Å². The molecule has 0 aromatic heterocycles. The molecule has 0 fully saturated rings. The molecule has 0 bridgehead atoms. The van der Waals surface area contributed by atoms with Crippen LogP contribution in [0, 0.1) is 6.92 Å². The van der Waals surface area contributed by atoms with E-state index in [0.29, 0.717) is 17.6 Å². The molecule has 122 valence electrons. The summed E-state index contributed by atoms with van der Waals surface area (Å²) in [4.78, 5) is 0. The molecular formula is C23H21BO. The van der Waals surface area contributed by atoms with E-state index in [2.05, 4.69) is 49.4 Å². The molecule has 2 atom stereocenters. The maximum Gasteiger partial charge on any atom is 0.115 e. The highest BCUT2D eigenvalue weighted by molar-refractivity contribution is 6.32. The second-order valence-electron chi connectivity index (χ2n) is 7.08. The fourth-order valence-corrected chi connectivity index (χ4v) is 4.09. The van der Waals surface area contributed by atoms with Gasteiger partial charge in [0, 0.05) is 5.92 Å². The molecule has 2 heteroatoms. The summed E-state index contributed by atoms with van der Waals surface area (Å²) in [5.41, 5.74) is 7.33. The maximum atomic E-state index is 9.88. The van der Waals surface area contributed by atoms with E-state index in [9.17, 15) is 5.11 Å². The van der Waals surface area contributed by atoms with Crippen LogP contribution in [0.1, 0.15) is 46.1 Å². The van der Waals surface area contributed by atoms with E-state index >= 15 is 0 Å². The number of benzene rings is 3. The maximum absolute atomic E-state index is 9.88. The number of aromatic hydroxyl groups is 1. The highest BCUT2D eigenvalue weighted by Gasteiger charge is 2.32. The molecule has 0 heterocycles. The number of phenols is 1. The van der Waals surface area contributed by atoms with Crippen molar-refractivity contribution in [1.82, 2.24) is 0 Å². The van der Waals surface area contributed by atoms with E-state index in [4.69, 9.17) is 7.85 Å². The average Bonchev–Trinajstić information content (AvgIpc) is 2.62. The molecule has 3 aromatic rings. The van der Waals surface area contributed by atoms with Gasteiger partial charge in [-0.3, -0.25) is 0 Å².